The highest BCUT2D eigenvalue weighted by molar-refractivity contribution is 9.10. The first-order chi connectivity index (χ1) is 9.10. The molecule has 5 heteroatoms. The van der Waals surface area contributed by atoms with Gasteiger partial charge in [-0.15, -0.1) is 0 Å². The Hall–Kier alpha value is -2.06. The summed E-state index contributed by atoms with van der Waals surface area (Å²) < 4.78 is 14.4. The third-order valence-electron chi connectivity index (χ3n) is 2.62. The normalized spacial score (nSPS) is 9.95. The topological polar surface area (TPSA) is 61.8 Å². The van der Waals surface area contributed by atoms with Gasteiger partial charge in [-0.1, -0.05) is 15.9 Å². The summed E-state index contributed by atoms with van der Waals surface area (Å²) >= 11 is 3.29. The molecule has 0 fully saturated rings. The molecule has 0 radical (unpaired) electrons. The number of rotatable bonds is 3. The fourth-order valence-corrected chi connectivity index (χ4v) is 2.03. The van der Waals surface area contributed by atoms with Gasteiger partial charge >= 0.3 is 0 Å². The third kappa shape index (κ3) is 3.24. The lowest BCUT2D eigenvalue weighted by atomic mass is 10.1. The molecule has 0 saturated carbocycles. The highest BCUT2D eigenvalue weighted by Crippen LogP contribution is 2.26. The minimum absolute atomic E-state index is 0.225. The molecule has 0 aliphatic rings. The van der Waals surface area contributed by atoms with E-state index in [-0.39, 0.29) is 12.2 Å². The zero-order valence-corrected chi connectivity index (χ0v) is 11.5. The Morgan fingerprint density at radius 3 is 2.79 bits per heavy atom. The summed E-state index contributed by atoms with van der Waals surface area (Å²) in [7, 11) is 0. The largest absolute Gasteiger partial charge is 0.398 e. The van der Waals surface area contributed by atoms with E-state index in [1.807, 2.05) is 6.07 Å². The number of nitrogens with two attached hydrogens (primary N) is 1. The minimum Gasteiger partial charge on any atom is -0.398 e. The quantitative estimate of drug-likeness (QED) is 0.841. The van der Waals surface area contributed by atoms with Crippen molar-refractivity contribution in [1.82, 2.24) is 0 Å². The molecule has 3 nitrogen and oxygen atoms in total. The Morgan fingerprint density at radius 2 is 2.05 bits per heavy atom. The van der Waals surface area contributed by atoms with Crippen LogP contribution >= 0.6 is 15.9 Å². The van der Waals surface area contributed by atoms with Gasteiger partial charge < -0.3 is 11.1 Å². The number of nitrogens with zero attached hydrogens (tertiary/aromatic N) is 1. The van der Waals surface area contributed by atoms with Crippen LogP contribution in [0.2, 0.25) is 0 Å². The van der Waals surface area contributed by atoms with Gasteiger partial charge in [-0.25, -0.2) is 4.39 Å². The molecule has 19 heavy (non-hydrogen) atoms. The highest BCUT2D eigenvalue weighted by atomic mass is 79.9. The van der Waals surface area contributed by atoms with Crippen LogP contribution < -0.4 is 11.1 Å². The molecule has 2 aromatic rings. The molecule has 96 valence electrons. The van der Waals surface area contributed by atoms with Crippen molar-refractivity contribution in [2.75, 3.05) is 11.1 Å². The molecule has 0 bridgehead atoms. The molecule has 0 spiro atoms. The van der Waals surface area contributed by atoms with Crippen molar-refractivity contribution in [3.63, 3.8) is 0 Å². The summed E-state index contributed by atoms with van der Waals surface area (Å²) in [6.45, 7) is 0. The van der Waals surface area contributed by atoms with Gasteiger partial charge in [0.2, 0.25) is 0 Å². The molecule has 0 aliphatic carbocycles. The minimum atomic E-state index is -0.346. The van der Waals surface area contributed by atoms with Crippen LogP contribution in [0, 0.1) is 17.1 Å². The molecular formula is C14H11BrFN3. The smallest absolute Gasteiger partial charge is 0.146 e. The molecule has 0 heterocycles. The van der Waals surface area contributed by atoms with Gasteiger partial charge in [-0.2, -0.15) is 5.26 Å². The molecule has 0 atom stereocenters. The number of nitriles is 1. The maximum atomic E-state index is 13.6. The second-order valence-corrected chi connectivity index (χ2v) is 4.91. The van der Waals surface area contributed by atoms with Crippen molar-refractivity contribution in [2.24, 2.45) is 0 Å². The number of hydrogen-bond donors (Lipinski definition) is 2. The monoisotopic (exact) mass is 319 g/mol. The van der Waals surface area contributed by atoms with Gasteiger partial charge in [0, 0.05) is 15.8 Å². The summed E-state index contributed by atoms with van der Waals surface area (Å²) in [5.41, 5.74) is 8.10. The summed E-state index contributed by atoms with van der Waals surface area (Å²) in [4.78, 5) is 0. The Bertz CT molecular complexity index is 650. The van der Waals surface area contributed by atoms with Crippen LogP contribution in [0.25, 0.3) is 0 Å². The zero-order chi connectivity index (χ0) is 13.8. The standard InChI is InChI=1S/C14H11BrFN3/c15-10-1-3-12(16)14(8-10)19-11-2-4-13(18)9(7-11)5-6-17/h1-4,7-8,19H,5,18H2. The fraction of sp³-hybridized carbons (Fsp3) is 0.0714. The highest BCUT2D eigenvalue weighted by Gasteiger charge is 2.05. The summed E-state index contributed by atoms with van der Waals surface area (Å²) in [6.07, 6.45) is 0.225. The van der Waals surface area contributed by atoms with Gasteiger partial charge in [-0.3, -0.25) is 0 Å². The van der Waals surface area contributed by atoms with Crippen molar-refractivity contribution >= 4 is 33.0 Å². The molecule has 0 amide bonds. The third-order valence-corrected chi connectivity index (χ3v) is 3.11. The van der Waals surface area contributed by atoms with Crippen LogP contribution in [-0.4, -0.2) is 0 Å². The van der Waals surface area contributed by atoms with Crippen LogP contribution in [0.4, 0.5) is 21.5 Å². The fourth-order valence-electron chi connectivity index (χ4n) is 1.67. The molecule has 0 aliphatic heterocycles. The molecule has 2 rings (SSSR count). The van der Waals surface area contributed by atoms with Gasteiger partial charge in [0.1, 0.15) is 5.82 Å². The lowest BCUT2D eigenvalue weighted by Crippen LogP contribution is -1.98. The average Bonchev–Trinajstić information content (AvgIpc) is 2.38. The lowest BCUT2D eigenvalue weighted by molar-refractivity contribution is 0.631. The van der Waals surface area contributed by atoms with E-state index in [4.69, 9.17) is 11.0 Å². The van der Waals surface area contributed by atoms with E-state index in [9.17, 15) is 4.39 Å². The zero-order valence-electron chi connectivity index (χ0n) is 9.95. The first-order valence-electron chi connectivity index (χ1n) is 5.57. The first kappa shape index (κ1) is 13.4. The van der Waals surface area contributed by atoms with Gasteiger partial charge in [0.25, 0.3) is 0 Å². The Kier molecular flexibility index (Phi) is 4.03. The lowest BCUT2D eigenvalue weighted by Gasteiger charge is -2.10. The average molecular weight is 320 g/mol. The van der Waals surface area contributed by atoms with E-state index in [0.29, 0.717) is 17.1 Å². The second-order valence-electron chi connectivity index (χ2n) is 4.00. The van der Waals surface area contributed by atoms with E-state index >= 15 is 0 Å². The molecule has 3 N–H and O–H groups in total. The van der Waals surface area contributed by atoms with E-state index in [2.05, 4.69) is 21.2 Å². The van der Waals surface area contributed by atoms with Crippen molar-refractivity contribution in [2.45, 2.75) is 6.42 Å². The number of benzene rings is 2. The van der Waals surface area contributed by atoms with Gasteiger partial charge in [0.05, 0.1) is 18.2 Å². The molecule has 0 unspecified atom stereocenters. The summed E-state index contributed by atoms with van der Waals surface area (Å²) in [6, 6.07) is 11.9. The molecule has 0 aromatic heterocycles. The molecular weight excluding hydrogens is 309 g/mol. The van der Waals surface area contributed by atoms with E-state index in [1.165, 1.54) is 6.07 Å². The van der Waals surface area contributed by atoms with Crippen molar-refractivity contribution < 1.29 is 4.39 Å². The van der Waals surface area contributed by atoms with E-state index < -0.39 is 0 Å². The van der Waals surface area contributed by atoms with Crippen molar-refractivity contribution in [1.29, 1.82) is 5.26 Å². The van der Waals surface area contributed by atoms with Crippen LogP contribution in [0.15, 0.2) is 40.9 Å². The second kappa shape index (κ2) is 5.72. The van der Waals surface area contributed by atoms with Crippen LogP contribution in [0.5, 0.6) is 0 Å². The molecule has 2 aromatic carbocycles. The molecule has 0 saturated heterocycles. The maximum absolute atomic E-state index is 13.6. The van der Waals surface area contributed by atoms with Gasteiger partial charge in [-0.05, 0) is 42.0 Å². The predicted molar refractivity (Wildman–Crippen MR) is 77.6 cm³/mol. The van der Waals surface area contributed by atoms with Gasteiger partial charge in [0.15, 0.2) is 0 Å². The summed E-state index contributed by atoms with van der Waals surface area (Å²) in [5.74, 6) is -0.346. The Morgan fingerprint density at radius 1 is 1.26 bits per heavy atom. The van der Waals surface area contributed by atoms with Crippen LogP contribution in [0.1, 0.15) is 5.56 Å². The van der Waals surface area contributed by atoms with Crippen LogP contribution in [0.3, 0.4) is 0 Å². The van der Waals surface area contributed by atoms with Crippen molar-refractivity contribution in [3.8, 4) is 6.07 Å². The number of halogens is 2. The van der Waals surface area contributed by atoms with Crippen molar-refractivity contribution in [3.05, 3.63) is 52.3 Å². The number of hydrogen-bond acceptors (Lipinski definition) is 3. The number of nitrogen functional groups attached to an aromatic ring is 1. The van der Waals surface area contributed by atoms with Crippen LogP contribution in [-0.2, 0) is 6.42 Å². The SMILES string of the molecule is N#CCc1cc(Nc2cc(Br)ccc2F)ccc1N. The Balaban J connectivity index is 2.31. The number of anilines is 3. The van der Waals surface area contributed by atoms with E-state index in [0.717, 1.165) is 10.0 Å². The predicted octanol–water partition coefficient (Wildman–Crippen LogP) is 3.98. The maximum Gasteiger partial charge on any atom is 0.146 e. The Labute approximate surface area is 119 Å². The summed E-state index contributed by atoms with van der Waals surface area (Å²) in [5, 5.41) is 11.7. The van der Waals surface area contributed by atoms with E-state index in [1.54, 1.807) is 30.3 Å². The first-order valence-corrected chi connectivity index (χ1v) is 6.37. The number of nitrogens with one attached hydrogen (secondary N) is 1.